The number of hydrogen-bond acceptors (Lipinski definition) is 7. The van der Waals surface area contributed by atoms with Crippen molar-refractivity contribution in [2.45, 2.75) is 6.54 Å². The standard InChI is InChI=1S/C24H24N6O3/c25-15-18-7-8-26-22(14-18)30-11-9-29(10-12-30)17-23(31)28-21-6-2-1-5-20(21)24(32)27-16-19-4-3-13-33-19/h1-8,13-14H,9-12,16-17H2,(H,27,32)(H,28,31). The highest BCUT2D eigenvalue weighted by molar-refractivity contribution is 6.04. The molecule has 1 fully saturated rings. The average molecular weight is 444 g/mol. The fraction of sp³-hybridized carbons (Fsp3) is 0.250. The van der Waals surface area contributed by atoms with Gasteiger partial charge in [-0.3, -0.25) is 14.5 Å². The predicted molar refractivity (Wildman–Crippen MR) is 123 cm³/mol. The van der Waals surface area contributed by atoms with Gasteiger partial charge in [-0.2, -0.15) is 5.26 Å². The van der Waals surface area contributed by atoms with Crippen LogP contribution in [0, 0.1) is 11.3 Å². The average Bonchev–Trinajstić information content (AvgIpc) is 3.37. The molecule has 1 aliphatic heterocycles. The first-order valence-electron chi connectivity index (χ1n) is 10.7. The molecule has 0 bridgehead atoms. The minimum Gasteiger partial charge on any atom is -0.467 e. The number of piperazine rings is 1. The van der Waals surface area contributed by atoms with Crippen LogP contribution in [0.1, 0.15) is 21.7 Å². The van der Waals surface area contributed by atoms with Crippen molar-refractivity contribution in [1.82, 2.24) is 15.2 Å². The summed E-state index contributed by atoms with van der Waals surface area (Å²) in [5, 5.41) is 14.7. The third kappa shape index (κ3) is 5.75. The molecule has 9 heteroatoms. The fourth-order valence-corrected chi connectivity index (χ4v) is 3.65. The van der Waals surface area contributed by atoms with E-state index in [-0.39, 0.29) is 24.9 Å². The van der Waals surface area contributed by atoms with E-state index in [1.54, 1.807) is 61.0 Å². The molecule has 168 valence electrons. The number of aromatic nitrogens is 1. The lowest BCUT2D eigenvalue weighted by molar-refractivity contribution is -0.117. The van der Waals surface area contributed by atoms with Gasteiger partial charge in [-0.15, -0.1) is 0 Å². The molecule has 3 heterocycles. The maximum absolute atomic E-state index is 12.7. The highest BCUT2D eigenvalue weighted by atomic mass is 16.3. The molecule has 2 aromatic heterocycles. The minimum atomic E-state index is -0.289. The van der Waals surface area contributed by atoms with Gasteiger partial charge < -0.3 is 20.0 Å². The quantitative estimate of drug-likeness (QED) is 0.574. The SMILES string of the molecule is N#Cc1ccnc(N2CCN(CC(=O)Nc3ccccc3C(=O)NCc3ccco3)CC2)c1. The van der Waals surface area contributed by atoms with Crippen molar-refractivity contribution in [2.24, 2.45) is 0 Å². The van der Waals surface area contributed by atoms with Crippen LogP contribution in [0.15, 0.2) is 65.4 Å². The second-order valence-corrected chi connectivity index (χ2v) is 7.63. The van der Waals surface area contributed by atoms with Crippen LogP contribution in [0.3, 0.4) is 0 Å². The molecular weight excluding hydrogens is 420 g/mol. The second kappa shape index (κ2) is 10.4. The summed E-state index contributed by atoms with van der Waals surface area (Å²) in [7, 11) is 0. The maximum atomic E-state index is 12.7. The Morgan fingerprint density at radius 1 is 1.09 bits per heavy atom. The molecule has 1 aromatic carbocycles. The molecule has 0 spiro atoms. The van der Waals surface area contributed by atoms with E-state index in [1.165, 1.54) is 0 Å². The molecule has 2 amide bonds. The Morgan fingerprint density at radius 2 is 1.91 bits per heavy atom. The topological polar surface area (TPSA) is 115 Å². The lowest BCUT2D eigenvalue weighted by atomic mass is 10.1. The molecular formula is C24H24N6O3. The zero-order valence-electron chi connectivity index (χ0n) is 18.0. The van der Waals surface area contributed by atoms with Crippen molar-refractivity contribution >= 4 is 23.3 Å². The molecule has 2 N–H and O–H groups in total. The van der Waals surface area contributed by atoms with Crippen molar-refractivity contribution in [2.75, 3.05) is 42.9 Å². The number of anilines is 2. The van der Waals surface area contributed by atoms with Gasteiger partial charge in [-0.25, -0.2) is 4.98 Å². The van der Waals surface area contributed by atoms with Gasteiger partial charge in [-0.05, 0) is 36.4 Å². The Hall–Kier alpha value is -4.16. The molecule has 0 saturated carbocycles. The summed E-state index contributed by atoms with van der Waals surface area (Å²) in [4.78, 5) is 33.8. The number of hydrogen-bond donors (Lipinski definition) is 2. The predicted octanol–water partition coefficient (Wildman–Crippen LogP) is 2.24. The first-order chi connectivity index (χ1) is 16.1. The lowest BCUT2D eigenvalue weighted by Gasteiger charge is -2.35. The number of rotatable bonds is 7. The van der Waals surface area contributed by atoms with Crippen molar-refractivity contribution in [3.05, 3.63) is 77.9 Å². The zero-order valence-corrected chi connectivity index (χ0v) is 18.0. The van der Waals surface area contributed by atoms with Gasteiger partial charge in [0.25, 0.3) is 5.91 Å². The number of nitrogens with one attached hydrogen (secondary N) is 2. The van der Waals surface area contributed by atoms with Gasteiger partial charge in [0.2, 0.25) is 5.91 Å². The van der Waals surface area contributed by atoms with Gasteiger partial charge in [0.1, 0.15) is 11.6 Å². The van der Waals surface area contributed by atoms with E-state index in [4.69, 9.17) is 9.68 Å². The summed E-state index contributed by atoms with van der Waals surface area (Å²) >= 11 is 0. The van der Waals surface area contributed by atoms with Crippen molar-refractivity contribution < 1.29 is 14.0 Å². The highest BCUT2D eigenvalue weighted by Gasteiger charge is 2.21. The molecule has 3 aromatic rings. The van der Waals surface area contributed by atoms with E-state index in [0.29, 0.717) is 48.8 Å². The molecule has 0 unspecified atom stereocenters. The molecule has 4 rings (SSSR count). The van der Waals surface area contributed by atoms with E-state index >= 15 is 0 Å². The summed E-state index contributed by atoms with van der Waals surface area (Å²) in [6.07, 6.45) is 3.19. The second-order valence-electron chi connectivity index (χ2n) is 7.63. The van der Waals surface area contributed by atoms with Gasteiger partial charge in [0, 0.05) is 32.4 Å². The Balaban J connectivity index is 1.29. The van der Waals surface area contributed by atoms with Crippen molar-refractivity contribution in [3.63, 3.8) is 0 Å². The zero-order chi connectivity index (χ0) is 23.0. The molecule has 0 radical (unpaired) electrons. The Kier molecular flexibility index (Phi) is 6.97. The normalized spacial score (nSPS) is 13.8. The smallest absolute Gasteiger partial charge is 0.253 e. The Labute approximate surface area is 191 Å². The molecule has 0 aliphatic carbocycles. The Bertz CT molecular complexity index is 1150. The van der Waals surface area contributed by atoms with Crippen LogP contribution < -0.4 is 15.5 Å². The lowest BCUT2D eigenvalue weighted by Crippen LogP contribution is -2.49. The highest BCUT2D eigenvalue weighted by Crippen LogP contribution is 2.17. The summed E-state index contributed by atoms with van der Waals surface area (Å²) < 4.78 is 5.23. The number of furan rings is 1. The molecule has 1 aliphatic rings. The molecule has 0 atom stereocenters. The summed E-state index contributed by atoms with van der Waals surface area (Å²) in [6.45, 7) is 3.29. The number of benzene rings is 1. The largest absolute Gasteiger partial charge is 0.467 e. The monoisotopic (exact) mass is 444 g/mol. The number of carbonyl (C=O) groups excluding carboxylic acids is 2. The Morgan fingerprint density at radius 3 is 2.67 bits per heavy atom. The van der Waals surface area contributed by atoms with Crippen LogP contribution in [-0.4, -0.2) is 54.4 Å². The number of pyridine rings is 1. The van der Waals surface area contributed by atoms with E-state index in [9.17, 15) is 9.59 Å². The third-order valence-electron chi connectivity index (χ3n) is 5.39. The minimum absolute atomic E-state index is 0.181. The van der Waals surface area contributed by atoms with Crippen LogP contribution in [-0.2, 0) is 11.3 Å². The first kappa shape index (κ1) is 22.0. The first-order valence-corrected chi connectivity index (χ1v) is 10.7. The van der Waals surface area contributed by atoms with Gasteiger partial charge in [-0.1, -0.05) is 12.1 Å². The van der Waals surface area contributed by atoms with E-state index in [1.807, 2.05) is 0 Å². The summed E-state index contributed by atoms with van der Waals surface area (Å²) in [5.41, 5.74) is 1.44. The molecule has 33 heavy (non-hydrogen) atoms. The molecule has 1 saturated heterocycles. The number of nitriles is 1. The van der Waals surface area contributed by atoms with Crippen molar-refractivity contribution in [1.29, 1.82) is 5.26 Å². The van der Waals surface area contributed by atoms with Gasteiger partial charge in [0.15, 0.2) is 0 Å². The van der Waals surface area contributed by atoms with E-state index < -0.39 is 0 Å². The number of carbonyl (C=O) groups is 2. The van der Waals surface area contributed by atoms with E-state index in [2.05, 4.69) is 31.5 Å². The maximum Gasteiger partial charge on any atom is 0.253 e. The van der Waals surface area contributed by atoms with E-state index in [0.717, 1.165) is 5.82 Å². The molecule has 9 nitrogen and oxygen atoms in total. The third-order valence-corrected chi connectivity index (χ3v) is 5.39. The fourth-order valence-electron chi connectivity index (χ4n) is 3.65. The van der Waals surface area contributed by atoms with Crippen LogP contribution in [0.4, 0.5) is 11.5 Å². The summed E-state index contributed by atoms with van der Waals surface area (Å²) in [5.74, 6) is 0.952. The van der Waals surface area contributed by atoms with Crippen LogP contribution in [0.2, 0.25) is 0 Å². The number of para-hydroxylation sites is 1. The number of amides is 2. The summed E-state index contributed by atoms with van der Waals surface area (Å²) in [6, 6.07) is 16.0. The van der Waals surface area contributed by atoms with Crippen LogP contribution in [0.5, 0.6) is 0 Å². The van der Waals surface area contributed by atoms with Gasteiger partial charge in [0.05, 0.1) is 42.2 Å². The van der Waals surface area contributed by atoms with Gasteiger partial charge >= 0.3 is 0 Å². The van der Waals surface area contributed by atoms with Crippen LogP contribution in [0.25, 0.3) is 0 Å². The number of nitrogens with zero attached hydrogens (tertiary/aromatic N) is 4. The van der Waals surface area contributed by atoms with Crippen LogP contribution >= 0.6 is 0 Å². The van der Waals surface area contributed by atoms with Crippen molar-refractivity contribution in [3.8, 4) is 6.07 Å².